The van der Waals surface area contributed by atoms with Crippen molar-refractivity contribution in [1.82, 2.24) is 4.57 Å². The standard InChI is InChI=1S/C26H29N3O/c1-17(2)28-21-6-4-20(5-7-21)26-24(15-27)23-10-3-18(13-19-11-12-30-16-19)14-25(23)29(26)22-8-9-22/h3-7,10,14,17,19,22,28H,8-9,11-13,16H2,1-2H3. The van der Waals surface area contributed by atoms with Gasteiger partial charge in [-0.05, 0) is 74.8 Å². The number of nitrogens with zero attached hydrogens (tertiary/aromatic N) is 2. The average molecular weight is 400 g/mol. The number of hydrogen-bond acceptors (Lipinski definition) is 3. The third kappa shape index (κ3) is 3.59. The Morgan fingerprint density at radius 1 is 1.13 bits per heavy atom. The lowest BCUT2D eigenvalue weighted by Gasteiger charge is -2.13. The Morgan fingerprint density at radius 3 is 2.57 bits per heavy atom. The first kappa shape index (κ1) is 19.2. The number of nitriles is 1. The maximum Gasteiger partial charge on any atom is 0.102 e. The molecule has 2 heterocycles. The van der Waals surface area contributed by atoms with Crippen molar-refractivity contribution in [3.8, 4) is 17.3 Å². The van der Waals surface area contributed by atoms with Crippen LogP contribution in [0, 0.1) is 17.2 Å². The molecule has 1 saturated carbocycles. The summed E-state index contributed by atoms with van der Waals surface area (Å²) in [7, 11) is 0. The van der Waals surface area contributed by atoms with Crippen molar-refractivity contribution in [2.24, 2.45) is 5.92 Å². The topological polar surface area (TPSA) is 50.0 Å². The van der Waals surface area contributed by atoms with Crippen LogP contribution in [0.15, 0.2) is 42.5 Å². The SMILES string of the molecule is CC(C)Nc1ccc(-c2c(C#N)c3ccc(CC4CCOC4)cc3n2C2CC2)cc1. The second-order valence-electron chi connectivity index (χ2n) is 9.10. The van der Waals surface area contributed by atoms with E-state index in [1.807, 2.05) is 0 Å². The molecule has 4 nitrogen and oxygen atoms in total. The fraction of sp³-hybridized carbons (Fsp3) is 0.423. The van der Waals surface area contributed by atoms with Crippen molar-refractivity contribution in [3.63, 3.8) is 0 Å². The van der Waals surface area contributed by atoms with Crippen molar-refractivity contribution in [3.05, 3.63) is 53.6 Å². The number of ether oxygens (including phenoxy) is 1. The van der Waals surface area contributed by atoms with Gasteiger partial charge < -0.3 is 14.6 Å². The van der Waals surface area contributed by atoms with Crippen LogP contribution in [0.4, 0.5) is 5.69 Å². The lowest BCUT2D eigenvalue weighted by Crippen LogP contribution is -2.09. The highest BCUT2D eigenvalue weighted by Crippen LogP contribution is 2.45. The maximum absolute atomic E-state index is 10.1. The summed E-state index contributed by atoms with van der Waals surface area (Å²) in [5.74, 6) is 0.614. The largest absolute Gasteiger partial charge is 0.383 e. The van der Waals surface area contributed by atoms with E-state index in [0.717, 1.165) is 53.9 Å². The minimum Gasteiger partial charge on any atom is -0.383 e. The molecule has 0 amide bonds. The van der Waals surface area contributed by atoms with Gasteiger partial charge in [-0.1, -0.05) is 24.3 Å². The second-order valence-corrected chi connectivity index (χ2v) is 9.10. The molecule has 1 aromatic heterocycles. The zero-order valence-corrected chi connectivity index (χ0v) is 17.8. The normalized spacial score (nSPS) is 18.8. The highest BCUT2D eigenvalue weighted by atomic mass is 16.5. The van der Waals surface area contributed by atoms with Crippen LogP contribution in [-0.4, -0.2) is 23.8 Å². The zero-order valence-electron chi connectivity index (χ0n) is 17.8. The molecule has 30 heavy (non-hydrogen) atoms. The second kappa shape index (κ2) is 7.81. The summed E-state index contributed by atoms with van der Waals surface area (Å²) >= 11 is 0. The van der Waals surface area contributed by atoms with E-state index in [0.29, 0.717) is 18.0 Å². The van der Waals surface area contributed by atoms with Gasteiger partial charge >= 0.3 is 0 Å². The van der Waals surface area contributed by atoms with Crippen molar-refractivity contribution in [2.75, 3.05) is 18.5 Å². The number of nitrogens with one attached hydrogen (secondary N) is 1. The lowest BCUT2D eigenvalue weighted by atomic mass is 9.97. The average Bonchev–Trinajstić information content (AvgIpc) is 3.34. The summed E-state index contributed by atoms with van der Waals surface area (Å²) in [5.41, 5.74) is 6.68. The minimum atomic E-state index is 0.395. The molecule has 1 saturated heterocycles. The van der Waals surface area contributed by atoms with Crippen LogP contribution in [0.5, 0.6) is 0 Å². The summed E-state index contributed by atoms with van der Waals surface area (Å²) in [6.07, 6.45) is 4.58. The molecular weight excluding hydrogens is 370 g/mol. The van der Waals surface area contributed by atoms with Crippen LogP contribution >= 0.6 is 0 Å². The Bertz CT molecular complexity index is 1090. The van der Waals surface area contributed by atoms with Gasteiger partial charge in [-0.2, -0.15) is 5.26 Å². The van der Waals surface area contributed by atoms with Crippen LogP contribution in [0.1, 0.15) is 50.3 Å². The predicted octanol–water partition coefficient (Wildman–Crippen LogP) is 5.91. The Balaban J connectivity index is 1.60. The monoisotopic (exact) mass is 399 g/mol. The molecule has 2 aromatic carbocycles. The van der Waals surface area contributed by atoms with E-state index in [4.69, 9.17) is 4.74 Å². The number of rotatable bonds is 6. The van der Waals surface area contributed by atoms with Gasteiger partial charge in [0.25, 0.3) is 0 Å². The first-order valence-corrected chi connectivity index (χ1v) is 11.2. The quantitative estimate of drug-likeness (QED) is 0.560. The molecule has 2 fully saturated rings. The molecule has 1 atom stereocenters. The van der Waals surface area contributed by atoms with E-state index in [1.54, 1.807) is 0 Å². The molecule has 2 aliphatic rings. The summed E-state index contributed by atoms with van der Waals surface area (Å²) < 4.78 is 8.01. The van der Waals surface area contributed by atoms with Gasteiger partial charge in [-0.3, -0.25) is 0 Å². The molecule has 0 bridgehead atoms. The summed E-state index contributed by atoms with van der Waals surface area (Å²) in [6.45, 7) is 6.03. The fourth-order valence-corrected chi connectivity index (χ4v) is 4.73. The highest BCUT2D eigenvalue weighted by molar-refractivity contribution is 5.95. The number of benzene rings is 2. The summed E-state index contributed by atoms with van der Waals surface area (Å²) in [6, 6.07) is 18.7. The molecule has 1 aliphatic heterocycles. The van der Waals surface area contributed by atoms with Gasteiger partial charge in [-0.15, -0.1) is 0 Å². The van der Waals surface area contributed by atoms with Gasteiger partial charge in [0.05, 0.1) is 16.8 Å². The smallest absolute Gasteiger partial charge is 0.102 e. The predicted molar refractivity (Wildman–Crippen MR) is 122 cm³/mol. The van der Waals surface area contributed by atoms with Gasteiger partial charge in [0.2, 0.25) is 0 Å². The van der Waals surface area contributed by atoms with Crippen LogP contribution in [0.3, 0.4) is 0 Å². The Hall–Kier alpha value is -2.77. The third-order valence-corrected chi connectivity index (χ3v) is 6.25. The van der Waals surface area contributed by atoms with Crippen LogP contribution < -0.4 is 5.32 Å². The van der Waals surface area contributed by atoms with Gasteiger partial charge in [0, 0.05) is 36.4 Å². The van der Waals surface area contributed by atoms with Crippen molar-refractivity contribution >= 4 is 16.6 Å². The fourth-order valence-electron chi connectivity index (χ4n) is 4.73. The first-order chi connectivity index (χ1) is 14.6. The summed E-state index contributed by atoms with van der Waals surface area (Å²) in [4.78, 5) is 0. The molecule has 1 aliphatic carbocycles. The minimum absolute atomic E-state index is 0.395. The molecule has 4 heteroatoms. The number of hydrogen-bond donors (Lipinski definition) is 1. The number of aromatic nitrogens is 1. The van der Waals surface area contributed by atoms with Gasteiger partial charge in [-0.25, -0.2) is 0 Å². The molecule has 154 valence electrons. The maximum atomic E-state index is 10.1. The van der Waals surface area contributed by atoms with Crippen LogP contribution in [0.25, 0.3) is 22.2 Å². The van der Waals surface area contributed by atoms with E-state index in [2.05, 4.69) is 72.3 Å². The highest BCUT2D eigenvalue weighted by Gasteiger charge is 2.31. The van der Waals surface area contributed by atoms with Crippen LogP contribution in [-0.2, 0) is 11.2 Å². The van der Waals surface area contributed by atoms with Gasteiger partial charge in [0.1, 0.15) is 6.07 Å². The number of anilines is 1. The van der Waals surface area contributed by atoms with E-state index in [1.165, 1.54) is 23.9 Å². The molecule has 1 N–H and O–H groups in total. The number of fused-ring (bicyclic) bond motifs is 1. The van der Waals surface area contributed by atoms with E-state index >= 15 is 0 Å². The van der Waals surface area contributed by atoms with Gasteiger partial charge in [0.15, 0.2) is 0 Å². The van der Waals surface area contributed by atoms with Crippen molar-refractivity contribution in [2.45, 2.75) is 51.6 Å². The van der Waals surface area contributed by atoms with E-state index in [9.17, 15) is 5.26 Å². The Morgan fingerprint density at radius 2 is 1.93 bits per heavy atom. The van der Waals surface area contributed by atoms with E-state index < -0.39 is 0 Å². The summed E-state index contributed by atoms with van der Waals surface area (Å²) in [5, 5.41) is 14.6. The first-order valence-electron chi connectivity index (χ1n) is 11.2. The van der Waals surface area contributed by atoms with E-state index in [-0.39, 0.29) is 0 Å². The third-order valence-electron chi connectivity index (χ3n) is 6.25. The lowest BCUT2D eigenvalue weighted by molar-refractivity contribution is 0.186. The van der Waals surface area contributed by atoms with Crippen LogP contribution in [0.2, 0.25) is 0 Å². The van der Waals surface area contributed by atoms with Crippen molar-refractivity contribution < 1.29 is 4.74 Å². The van der Waals surface area contributed by atoms with Crippen molar-refractivity contribution in [1.29, 1.82) is 5.26 Å². The molecular formula is C26H29N3O. The Labute approximate surface area is 178 Å². The molecule has 0 spiro atoms. The Kier molecular flexibility index (Phi) is 5.00. The molecule has 0 radical (unpaired) electrons. The molecule has 3 aromatic rings. The zero-order chi connectivity index (χ0) is 20.7. The molecule has 5 rings (SSSR count). The molecule has 1 unspecified atom stereocenters.